The molecule has 0 aliphatic rings. The second-order valence-electron chi connectivity index (χ2n) is 6.82. The number of carbonyl (C=O) groups excluding carboxylic acids is 1. The summed E-state index contributed by atoms with van der Waals surface area (Å²) in [5.41, 5.74) is 3.40. The van der Waals surface area contributed by atoms with Crippen molar-refractivity contribution in [1.82, 2.24) is 14.9 Å². The van der Waals surface area contributed by atoms with Crippen LogP contribution >= 0.6 is 11.8 Å². The molecular formula is C22H27N3OS. The predicted molar refractivity (Wildman–Crippen MR) is 113 cm³/mol. The van der Waals surface area contributed by atoms with Crippen LogP contribution in [-0.4, -0.2) is 26.8 Å². The Hall–Kier alpha value is -2.27. The smallest absolute Gasteiger partial charge is 0.233 e. The Bertz CT molecular complexity index is 891. The molecule has 27 heavy (non-hydrogen) atoms. The van der Waals surface area contributed by atoms with Crippen LogP contribution in [0.3, 0.4) is 0 Å². The number of fused-ring (bicyclic) bond motifs is 1. The highest BCUT2D eigenvalue weighted by Crippen LogP contribution is 2.27. The number of nitrogens with zero attached hydrogens (tertiary/aromatic N) is 2. The maximum absolute atomic E-state index is 12.6. The zero-order valence-corrected chi connectivity index (χ0v) is 17.0. The topological polar surface area (TPSA) is 46.9 Å². The van der Waals surface area contributed by atoms with Crippen LogP contribution in [-0.2, 0) is 17.8 Å². The quantitative estimate of drug-likeness (QED) is 0.577. The molecule has 0 spiro atoms. The first-order chi connectivity index (χ1) is 13.1. The van der Waals surface area contributed by atoms with E-state index in [1.165, 1.54) is 17.3 Å². The zero-order valence-electron chi connectivity index (χ0n) is 16.2. The first-order valence-electron chi connectivity index (χ1n) is 9.54. The molecule has 1 amide bonds. The van der Waals surface area contributed by atoms with Gasteiger partial charge in [0.1, 0.15) is 0 Å². The monoisotopic (exact) mass is 381 g/mol. The van der Waals surface area contributed by atoms with Gasteiger partial charge in [-0.2, -0.15) is 0 Å². The number of nitrogens with one attached hydrogen (secondary N) is 1. The van der Waals surface area contributed by atoms with Gasteiger partial charge in [-0.05, 0) is 51.3 Å². The lowest BCUT2D eigenvalue weighted by atomic mass is 10.1. The summed E-state index contributed by atoms with van der Waals surface area (Å²) in [7, 11) is 0. The van der Waals surface area contributed by atoms with Gasteiger partial charge in [-0.25, -0.2) is 4.98 Å². The molecule has 2 atom stereocenters. The third kappa shape index (κ3) is 4.92. The summed E-state index contributed by atoms with van der Waals surface area (Å²) in [5, 5.41) is 3.86. The van der Waals surface area contributed by atoms with Gasteiger partial charge in [-0.3, -0.25) is 4.79 Å². The van der Waals surface area contributed by atoms with Crippen LogP contribution in [0.15, 0.2) is 59.8 Å². The normalized spacial score (nSPS) is 13.4. The number of rotatable bonds is 8. The molecule has 0 aliphatic carbocycles. The summed E-state index contributed by atoms with van der Waals surface area (Å²) in [5.74, 6) is 0.0651. The Morgan fingerprint density at radius 1 is 1.11 bits per heavy atom. The number of aryl methyl sites for hydroxylation is 2. The number of amides is 1. The highest BCUT2D eigenvalue weighted by atomic mass is 32.2. The van der Waals surface area contributed by atoms with Crippen molar-refractivity contribution < 1.29 is 4.79 Å². The van der Waals surface area contributed by atoms with Crippen molar-refractivity contribution in [2.24, 2.45) is 0 Å². The number of hydrogen-bond donors (Lipinski definition) is 1. The Balaban J connectivity index is 1.57. The Morgan fingerprint density at radius 3 is 2.56 bits per heavy atom. The minimum absolute atomic E-state index is 0.0651. The molecule has 0 saturated heterocycles. The lowest BCUT2D eigenvalue weighted by Crippen LogP contribution is -2.38. The average Bonchev–Trinajstić information content (AvgIpc) is 3.04. The number of para-hydroxylation sites is 2. The predicted octanol–water partition coefficient (Wildman–Crippen LogP) is 4.67. The minimum atomic E-state index is -0.189. The molecule has 4 nitrogen and oxygen atoms in total. The minimum Gasteiger partial charge on any atom is -0.353 e. The van der Waals surface area contributed by atoms with Gasteiger partial charge in [-0.15, -0.1) is 0 Å². The molecule has 0 unspecified atom stereocenters. The van der Waals surface area contributed by atoms with Gasteiger partial charge in [0.15, 0.2) is 5.16 Å². The van der Waals surface area contributed by atoms with E-state index in [2.05, 4.69) is 54.1 Å². The lowest BCUT2D eigenvalue weighted by Gasteiger charge is -2.17. The van der Waals surface area contributed by atoms with Crippen molar-refractivity contribution in [3.05, 3.63) is 60.2 Å². The maximum Gasteiger partial charge on any atom is 0.233 e. The molecule has 0 saturated carbocycles. The van der Waals surface area contributed by atoms with Crippen molar-refractivity contribution in [3.63, 3.8) is 0 Å². The van der Waals surface area contributed by atoms with E-state index in [1.54, 1.807) is 0 Å². The highest BCUT2D eigenvalue weighted by molar-refractivity contribution is 8.00. The molecule has 2 aromatic carbocycles. The molecule has 1 N–H and O–H groups in total. The van der Waals surface area contributed by atoms with E-state index in [0.29, 0.717) is 0 Å². The molecule has 1 heterocycles. The first kappa shape index (κ1) is 19.5. The van der Waals surface area contributed by atoms with Crippen molar-refractivity contribution in [2.75, 3.05) is 0 Å². The number of benzene rings is 2. The maximum atomic E-state index is 12.6. The summed E-state index contributed by atoms with van der Waals surface area (Å²) >= 11 is 1.52. The van der Waals surface area contributed by atoms with Crippen LogP contribution in [0.1, 0.15) is 32.8 Å². The molecule has 0 radical (unpaired) electrons. The van der Waals surface area contributed by atoms with Gasteiger partial charge in [0.2, 0.25) is 5.91 Å². The van der Waals surface area contributed by atoms with Crippen LogP contribution in [0.2, 0.25) is 0 Å². The van der Waals surface area contributed by atoms with Crippen LogP contribution in [0.4, 0.5) is 0 Å². The Kier molecular flexibility index (Phi) is 6.56. The van der Waals surface area contributed by atoms with E-state index in [0.717, 1.165) is 35.6 Å². The summed E-state index contributed by atoms with van der Waals surface area (Å²) in [4.78, 5) is 17.3. The van der Waals surface area contributed by atoms with Crippen molar-refractivity contribution in [2.45, 2.75) is 56.6 Å². The van der Waals surface area contributed by atoms with Gasteiger partial charge < -0.3 is 9.88 Å². The number of thioether (sulfide) groups is 1. The van der Waals surface area contributed by atoms with Crippen molar-refractivity contribution in [1.29, 1.82) is 0 Å². The fourth-order valence-electron chi connectivity index (χ4n) is 3.12. The summed E-state index contributed by atoms with van der Waals surface area (Å²) in [6.45, 7) is 6.96. The van der Waals surface area contributed by atoms with E-state index < -0.39 is 0 Å². The van der Waals surface area contributed by atoms with E-state index in [4.69, 9.17) is 4.98 Å². The summed E-state index contributed by atoms with van der Waals surface area (Å²) in [6.07, 6.45) is 1.90. The summed E-state index contributed by atoms with van der Waals surface area (Å²) in [6, 6.07) is 18.6. The lowest BCUT2D eigenvalue weighted by molar-refractivity contribution is -0.120. The standard InChI is InChI=1S/C22H27N3OS/c1-4-25-20-13-9-8-12-19(20)24-22(25)27-17(3)21(26)23-16(2)14-15-18-10-6-5-7-11-18/h5-13,16-17H,4,14-15H2,1-3H3,(H,23,26)/t16-,17-/m1/s1. The average molecular weight is 382 g/mol. The molecule has 1 aromatic heterocycles. The molecule has 0 bridgehead atoms. The third-order valence-corrected chi connectivity index (χ3v) is 5.77. The van der Waals surface area contributed by atoms with E-state index in [-0.39, 0.29) is 17.2 Å². The van der Waals surface area contributed by atoms with Crippen LogP contribution in [0.5, 0.6) is 0 Å². The first-order valence-corrected chi connectivity index (χ1v) is 10.4. The molecule has 0 fully saturated rings. The number of imidazole rings is 1. The largest absolute Gasteiger partial charge is 0.353 e. The van der Waals surface area contributed by atoms with Gasteiger partial charge in [0, 0.05) is 12.6 Å². The Labute approximate surface area is 165 Å². The zero-order chi connectivity index (χ0) is 19.2. The van der Waals surface area contributed by atoms with Crippen LogP contribution < -0.4 is 5.32 Å². The molecule has 3 aromatic rings. The number of hydrogen-bond acceptors (Lipinski definition) is 3. The second kappa shape index (κ2) is 9.09. The molecule has 142 valence electrons. The van der Waals surface area contributed by atoms with Gasteiger partial charge in [-0.1, -0.05) is 54.2 Å². The second-order valence-corrected chi connectivity index (χ2v) is 8.13. The summed E-state index contributed by atoms with van der Waals surface area (Å²) < 4.78 is 2.17. The van der Waals surface area contributed by atoms with E-state index in [1.807, 2.05) is 31.2 Å². The fraction of sp³-hybridized carbons (Fsp3) is 0.364. The van der Waals surface area contributed by atoms with Crippen LogP contribution in [0, 0.1) is 0 Å². The molecular weight excluding hydrogens is 354 g/mol. The van der Waals surface area contributed by atoms with E-state index >= 15 is 0 Å². The van der Waals surface area contributed by atoms with Crippen molar-refractivity contribution >= 4 is 28.7 Å². The Morgan fingerprint density at radius 2 is 1.81 bits per heavy atom. The fourth-order valence-corrected chi connectivity index (χ4v) is 4.12. The van der Waals surface area contributed by atoms with Gasteiger partial charge in [0.05, 0.1) is 16.3 Å². The highest BCUT2D eigenvalue weighted by Gasteiger charge is 2.20. The third-order valence-electron chi connectivity index (χ3n) is 4.68. The molecule has 0 aliphatic heterocycles. The van der Waals surface area contributed by atoms with E-state index in [9.17, 15) is 4.79 Å². The SMILES string of the molecule is CCn1c(S[C@H](C)C(=O)N[C@H](C)CCc2ccccc2)nc2ccccc21. The van der Waals surface area contributed by atoms with Gasteiger partial charge in [0.25, 0.3) is 0 Å². The molecule has 5 heteroatoms. The van der Waals surface area contributed by atoms with Crippen molar-refractivity contribution in [3.8, 4) is 0 Å². The van der Waals surface area contributed by atoms with Gasteiger partial charge >= 0.3 is 0 Å². The molecule has 3 rings (SSSR count). The number of aromatic nitrogens is 2. The van der Waals surface area contributed by atoms with Crippen LogP contribution in [0.25, 0.3) is 11.0 Å². The number of carbonyl (C=O) groups is 1.